The molecule has 1 heterocycles. The highest BCUT2D eigenvalue weighted by Gasteiger charge is 2.28. The molecule has 0 aromatic rings. The van der Waals surface area contributed by atoms with Gasteiger partial charge in [0.2, 0.25) is 5.91 Å². The van der Waals surface area contributed by atoms with Crippen molar-refractivity contribution in [3.8, 4) is 0 Å². The van der Waals surface area contributed by atoms with Gasteiger partial charge in [0, 0.05) is 33.2 Å². The van der Waals surface area contributed by atoms with Crippen LogP contribution in [0.5, 0.6) is 0 Å². The Hall–Kier alpha value is -0.650. The zero-order valence-electron chi connectivity index (χ0n) is 9.49. The van der Waals surface area contributed by atoms with E-state index in [1.807, 2.05) is 11.8 Å². The largest absolute Gasteiger partial charge is 0.392 e. The van der Waals surface area contributed by atoms with E-state index in [1.165, 1.54) is 0 Å². The zero-order valence-corrected chi connectivity index (χ0v) is 9.49. The van der Waals surface area contributed by atoms with E-state index < -0.39 is 0 Å². The van der Waals surface area contributed by atoms with Crippen molar-refractivity contribution >= 4 is 5.91 Å². The summed E-state index contributed by atoms with van der Waals surface area (Å²) in [6.07, 6.45) is 0.389. The zero-order chi connectivity index (χ0) is 11.3. The Morgan fingerprint density at radius 1 is 1.73 bits per heavy atom. The van der Waals surface area contributed by atoms with Gasteiger partial charge in [-0.25, -0.2) is 0 Å². The fourth-order valence-corrected chi connectivity index (χ4v) is 1.79. The average Bonchev–Trinajstić information content (AvgIpc) is 2.28. The number of carbonyl (C=O) groups excluding carboxylic acids is 1. The van der Waals surface area contributed by atoms with Crippen molar-refractivity contribution in [2.45, 2.75) is 25.5 Å². The van der Waals surface area contributed by atoms with Gasteiger partial charge in [0.15, 0.2) is 0 Å². The van der Waals surface area contributed by atoms with E-state index >= 15 is 0 Å². The summed E-state index contributed by atoms with van der Waals surface area (Å²) in [5.41, 5.74) is 0. The Labute approximate surface area is 90.8 Å². The molecule has 1 amide bonds. The molecule has 1 aliphatic heterocycles. The van der Waals surface area contributed by atoms with Crippen LogP contribution in [0.1, 0.15) is 13.3 Å². The summed E-state index contributed by atoms with van der Waals surface area (Å²) in [7, 11) is 1.64. The van der Waals surface area contributed by atoms with Crippen molar-refractivity contribution < 1.29 is 9.90 Å². The van der Waals surface area contributed by atoms with Crippen LogP contribution in [0.3, 0.4) is 0 Å². The molecule has 15 heavy (non-hydrogen) atoms. The third-order valence-corrected chi connectivity index (χ3v) is 2.82. The number of hydrogen-bond donors (Lipinski definition) is 3. The number of rotatable bonds is 4. The van der Waals surface area contributed by atoms with Gasteiger partial charge in [0.1, 0.15) is 6.04 Å². The van der Waals surface area contributed by atoms with Crippen molar-refractivity contribution in [2.75, 3.05) is 33.2 Å². The van der Waals surface area contributed by atoms with E-state index in [4.69, 9.17) is 0 Å². The lowest BCUT2D eigenvalue weighted by molar-refractivity contribution is -0.127. The molecule has 0 radical (unpaired) electrons. The topological polar surface area (TPSA) is 64.6 Å². The van der Waals surface area contributed by atoms with E-state index in [-0.39, 0.29) is 18.1 Å². The van der Waals surface area contributed by atoms with E-state index in [0.29, 0.717) is 13.1 Å². The Morgan fingerprint density at radius 2 is 2.47 bits per heavy atom. The molecule has 0 bridgehead atoms. The van der Waals surface area contributed by atoms with Gasteiger partial charge in [-0.05, 0) is 6.42 Å². The third-order valence-electron chi connectivity index (χ3n) is 2.82. The summed E-state index contributed by atoms with van der Waals surface area (Å²) in [4.78, 5) is 13.6. The number of hydrogen-bond acceptors (Lipinski definition) is 4. The minimum atomic E-state index is -0.338. The molecule has 3 N–H and O–H groups in total. The molecule has 1 fully saturated rings. The normalized spacial score (nSPS) is 24.9. The molecular formula is C10H21N3O2. The molecule has 2 atom stereocenters. The lowest BCUT2D eigenvalue weighted by Crippen LogP contribution is -2.58. The first kappa shape index (κ1) is 12.4. The maximum absolute atomic E-state index is 11.6. The van der Waals surface area contributed by atoms with E-state index in [0.717, 1.165) is 19.5 Å². The quantitative estimate of drug-likeness (QED) is 0.550. The molecular weight excluding hydrogens is 194 g/mol. The number of carbonyl (C=O) groups is 1. The van der Waals surface area contributed by atoms with Gasteiger partial charge in [-0.15, -0.1) is 0 Å². The smallest absolute Gasteiger partial charge is 0.238 e. The second-order valence-corrected chi connectivity index (χ2v) is 3.89. The molecule has 0 aromatic carbocycles. The van der Waals surface area contributed by atoms with E-state index in [2.05, 4.69) is 10.6 Å². The fourth-order valence-electron chi connectivity index (χ4n) is 1.79. The Kier molecular flexibility index (Phi) is 5.01. The number of piperazine rings is 1. The van der Waals surface area contributed by atoms with Crippen LogP contribution in [0, 0.1) is 0 Å². The summed E-state index contributed by atoms with van der Waals surface area (Å²) in [6, 6.07) is -0.148. The van der Waals surface area contributed by atoms with Crippen molar-refractivity contribution in [3.63, 3.8) is 0 Å². The first-order valence-electron chi connectivity index (χ1n) is 5.53. The van der Waals surface area contributed by atoms with Crippen LogP contribution in [0.2, 0.25) is 0 Å². The highest BCUT2D eigenvalue weighted by atomic mass is 16.3. The van der Waals surface area contributed by atoms with Crippen LogP contribution in [-0.4, -0.2) is 61.3 Å². The number of nitrogens with one attached hydrogen (secondary N) is 2. The number of amides is 1. The molecule has 0 aliphatic carbocycles. The predicted molar refractivity (Wildman–Crippen MR) is 58.6 cm³/mol. The lowest BCUT2D eigenvalue weighted by Gasteiger charge is -2.35. The molecule has 88 valence electrons. The Balaban J connectivity index is 2.53. The van der Waals surface area contributed by atoms with Gasteiger partial charge in [0.05, 0.1) is 6.10 Å². The van der Waals surface area contributed by atoms with Gasteiger partial charge < -0.3 is 15.7 Å². The minimum Gasteiger partial charge on any atom is -0.392 e. The van der Waals surface area contributed by atoms with Crippen LogP contribution in [0.4, 0.5) is 0 Å². The Morgan fingerprint density at radius 3 is 3.07 bits per heavy atom. The van der Waals surface area contributed by atoms with Crippen LogP contribution in [0.25, 0.3) is 0 Å². The summed E-state index contributed by atoms with van der Waals surface area (Å²) in [5, 5.41) is 15.4. The van der Waals surface area contributed by atoms with Crippen molar-refractivity contribution in [2.24, 2.45) is 0 Å². The average molecular weight is 215 g/mol. The third kappa shape index (κ3) is 3.44. The predicted octanol–water partition coefficient (Wildman–Crippen LogP) is -1.22. The molecule has 1 rings (SSSR count). The van der Waals surface area contributed by atoms with E-state index in [1.54, 1.807) is 7.05 Å². The van der Waals surface area contributed by atoms with Crippen LogP contribution >= 0.6 is 0 Å². The highest BCUT2D eigenvalue weighted by Crippen LogP contribution is 2.06. The minimum absolute atomic E-state index is 0.0190. The number of β-amino-alcohol motifs (C(OH)–C–C–N with tert-alkyl or cyclic N) is 1. The number of nitrogens with zero attached hydrogens (tertiary/aromatic N) is 1. The summed E-state index contributed by atoms with van der Waals surface area (Å²) >= 11 is 0. The van der Waals surface area contributed by atoms with Crippen LogP contribution in [-0.2, 0) is 4.79 Å². The molecule has 5 heteroatoms. The molecule has 0 aromatic heterocycles. The number of aliphatic hydroxyl groups is 1. The standard InChI is InChI=1S/C10H21N3O2/c1-3-8(14)7-13-5-4-12-6-9(13)10(15)11-2/h8-9,12,14H,3-7H2,1-2H3,(H,11,15). The molecule has 2 unspecified atom stereocenters. The van der Waals surface area contributed by atoms with Gasteiger partial charge in [-0.1, -0.05) is 6.92 Å². The van der Waals surface area contributed by atoms with Crippen molar-refractivity contribution in [3.05, 3.63) is 0 Å². The van der Waals surface area contributed by atoms with Gasteiger partial charge in [-0.3, -0.25) is 9.69 Å². The van der Waals surface area contributed by atoms with Gasteiger partial charge >= 0.3 is 0 Å². The molecule has 1 saturated heterocycles. The van der Waals surface area contributed by atoms with Crippen LogP contribution in [0.15, 0.2) is 0 Å². The van der Waals surface area contributed by atoms with Crippen molar-refractivity contribution in [1.82, 2.24) is 15.5 Å². The lowest BCUT2D eigenvalue weighted by atomic mass is 10.1. The maximum Gasteiger partial charge on any atom is 0.238 e. The van der Waals surface area contributed by atoms with Gasteiger partial charge in [0.25, 0.3) is 0 Å². The Bertz CT molecular complexity index is 211. The highest BCUT2D eigenvalue weighted by molar-refractivity contribution is 5.81. The molecule has 5 nitrogen and oxygen atoms in total. The van der Waals surface area contributed by atoms with Gasteiger partial charge in [-0.2, -0.15) is 0 Å². The molecule has 1 aliphatic rings. The summed E-state index contributed by atoms with van der Waals surface area (Å²) in [5.74, 6) is 0.0190. The monoisotopic (exact) mass is 215 g/mol. The number of likely N-dealkylation sites (N-methyl/N-ethyl adjacent to an activating group) is 1. The first-order valence-corrected chi connectivity index (χ1v) is 5.53. The SMILES string of the molecule is CCC(O)CN1CCNCC1C(=O)NC. The summed E-state index contributed by atoms with van der Waals surface area (Å²) < 4.78 is 0. The van der Waals surface area contributed by atoms with Crippen LogP contribution < -0.4 is 10.6 Å². The molecule has 0 saturated carbocycles. The fraction of sp³-hybridized carbons (Fsp3) is 0.900. The second kappa shape index (κ2) is 6.05. The molecule has 0 spiro atoms. The van der Waals surface area contributed by atoms with Crippen molar-refractivity contribution in [1.29, 1.82) is 0 Å². The van der Waals surface area contributed by atoms with E-state index in [9.17, 15) is 9.90 Å². The summed E-state index contributed by atoms with van der Waals surface area (Å²) in [6.45, 7) is 4.88. The first-order chi connectivity index (χ1) is 7.19. The number of aliphatic hydroxyl groups excluding tert-OH is 1. The maximum atomic E-state index is 11.6. The second-order valence-electron chi connectivity index (χ2n) is 3.89.